The lowest BCUT2D eigenvalue weighted by atomic mass is 10.2. The second kappa shape index (κ2) is 7.81. The Labute approximate surface area is 173 Å². The van der Waals surface area contributed by atoms with E-state index in [9.17, 15) is 14.4 Å². The van der Waals surface area contributed by atoms with Crippen LogP contribution in [0.1, 0.15) is 19.4 Å². The molecular formula is C20H19Cl2N3O3. The van der Waals surface area contributed by atoms with Crippen molar-refractivity contribution in [3.8, 4) is 0 Å². The summed E-state index contributed by atoms with van der Waals surface area (Å²) >= 11 is 11.9. The molecule has 1 heterocycles. The summed E-state index contributed by atoms with van der Waals surface area (Å²) in [6.07, 6.45) is 0. The zero-order chi connectivity index (χ0) is 20.6. The van der Waals surface area contributed by atoms with Crippen LogP contribution in [0.3, 0.4) is 0 Å². The number of hydrogen-bond acceptors (Lipinski definition) is 3. The summed E-state index contributed by atoms with van der Waals surface area (Å²) in [6, 6.07) is 9.65. The minimum atomic E-state index is -1.00. The highest BCUT2D eigenvalue weighted by Gasteiger charge is 2.47. The highest BCUT2D eigenvalue weighted by Crippen LogP contribution is 2.28. The van der Waals surface area contributed by atoms with E-state index in [1.54, 1.807) is 19.1 Å². The monoisotopic (exact) mass is 419 g/mol. The van der Waals surface area contributed by atoms with E-state index in [0.717, 1.165) is 10.5 Å². The number of nitrogens with zero attached hydrogens (tertiary/aromatic N) is 2. The Hall–Kier alpha value is -2.57. The lowest BCUT2D eigenvalue weighted by Gasteiger charge is -2.23. The van der Waals surface area contributed by atoms with Crippen molar-refractivity contribution in [1.82, 2.24) is 4.90 Å². The maximum absolute atomic E-state index is 12.9. The van der Waals surface area contributed by atoms with Gasteiger partial charge < -0.3 is 5.32 Å². The van der Waals surface area contributed by atoms with Gasteiger partial charge in [0.15, 0.2) is 0 Å². The van der Waals surface area contributed by atoms with Crippen molar-refractivity contribution in [3.63, 3.8) is 0 Å². The van der Waals surface area contributed by atoms with Crippen LogP contribution in [-0.2, 0) is 9.59 Å². The maximum atomic E-state index is 12.9. The lowest BCUT2D eigenvalue weighted by molar-refractivity contribution is -0.133. The molecule has 1 N–H and O–H groups in total. The average molecular weight is 420 g/mol. The number of anilines is 2. The molecule has 2 atom stereocenters. The van der Waals surface area contributed by atoms with Gasteiger partial charge in [-0.1, -0.05) is 40.9 Å². The topological polar surface area (TPSA) is 69.7 Å². The Morgan fingerprint density at radius 3 is 2.21 bits per heavy atom. The van der Waals surface area contributed by atoms with E-state index in [0.29, 0.717) is 21.4 Å². The molecule has 0 radical (unpaired) electrons. The van der Waals surface area contributed by atoms with Crippen LogP contribution in [0.4, 0.5) is 16.2 Å². The van der Waals surface area contributed by atoms with E-state index in [4.69, 9.17) is 23.2 Å². The number of carbonyl (C=O) groups excluding carboxylic acids is 3. The number of carbonyl (C=O) groups is 3. The Balaban J connectivity index is 1.81. The number of aryl methyl sites for hydroxylation is 1. The molecule has 0 bridgehead atoms. The summed E-state index contributed by atoms with van der Waals surface area (Å²) in [7, 11) is 0. The molecule has 0 aliphatic carbocycles. The predicted molar refractivity (Wildman–Crippen MR) is 110 cm³/mol. The van der Waals surface area contributed by atoms with Crippen LogP contribution < -0.4 is 10.2 Å². The SMILES string of the molecule is Cc1ccc(N2C(=O)N([C@@H](C)C(=O)Nc3cc(Cl)cc(Cl)c3)C(=O)[C@@H]2C)cc1. The first-order chi connectivity index (χ1) is 13.2. The first kappa shape index (κ1) is 20.2. The number of benzene rings is 2. The lowest BCUT2D eigenvalue weighted by Crippen LogP contribution is -2.46. The zero-order valence-corrected chi connectivity index (χ0v) is 17.1. The number of halogens is 2. The van der Waals surface area contributed by atoms with Crippen molar-refractivity contribution in [2.24, 2.45) is 0 Å². The van der Waals surface area contributed by atoms with Crippen molar-refractivity contribution < 1.29 is 14.4 Å². The van der Waals surface area contributed by atoms with E-state index < -0.39 is 29.9 Å². The van der Waals surface area contributed by atoms with Crippen molar-refractivity contribution in [2.75, 3.05) is 10.2 Å². The molecule has 2 aromatic rings. The molecule has 0 spiro atoms. The molecule has 6 nitrogen and oxygen atoms in total. The summed E-state index contributed by atoms with van der Waals surface area (Å²) in [5.74, 6) is -0.949. The number of rotatable bonds is 4. The third-order valence-electron chi connectivity index (χ3n) is 4.60. The summed E-state index contributed by atoms with van der Waals surface area (Å²) in [4.78, 5) is 40.7. The molecule has 2 aromatic carbocycles. The fourth-order valence-corrected chi connectivity index (χ4v) is 3.60. The molecule has 1 aliphatic heterocycles. The number of amides is 4. The van der Waals surface area contributed by atoms with Gasteiger partial charge in [0, 0.05) is 21.4 Å². The highest BCUT2D eigenvalue weighted by atomic mass is 35.5. The minimum Gasteiger partial charge on any atom is -0.324 e. The molecule has 28 heavy (non-hydrogen) atoms. The molecule has 1 aliphatic rings. The molecular weight excluding hydrogens is 401 g/mol. The number of hydrogen-bond donors (Lipinski definition) is 1. The third kappa shape index (κ3) is 3.84. The summed E-state index contributed by atoms with van der Waals surface area (Å²) in [5.41, 5.74) is 2.03. The van der Waals surface area contributed by atoms with Crippen molar-refractivity contribution in [3.05, 3.63) is 58.1 Å². The first-order valence-corrected chi connectivity index (χ1v) is 9.44. The van der Waals surface area contributed by atoms with Gasteiger partial charge in [-0.2, -0.15) is 0 Å². The number of nitrogens with one attached hydrogen (secondary N) is 1. The van der Waals surface area contributed by atoms with Crippen LogP contribution in [0.15, 0.2) is 42.5 Å². The molecule has 3 rings (SSSR count). The molecule has 0 saturated carbocycles. The van der Waals surface area contributed by atoms with Crippen LogP contribution in [0.25, 0.3) is 0 Å². The Morgan fingerprint density at radius 1 is 1.07 bits per heavy atom. The number of imide groups is 1. The average Bonchev–Trinajstić information content (AvgIpc) is 2.83. The number of urea groups is 1. The third-order valence-corrected chi connectivity index (χ3v) is 5.04. The highest BCUT2D eigenvalue weighted by molar-refractivity contribution is 6.35. The fourth-order valence-electron chi connectivity index (χ4n) is 3.07. The zero-order valence-electron chi connectivity index (χ0n) is 15.6. The Bertz CT molecular complexity index is 926. The Kier molecular flexibility index (Phi) is 5.63. The van der Waals surface area contributed by atoms with E-state index >= 15 is 0 Å². The van der Waals surface area contributed by atoms with Crippen molar-refractivity contribution in [2.45, 2.75) is 32.9 Å². The maximum Gasteiger partial charge on any atom is 0.332 e. The molecule has 8 heteroatoms. The van der Waals surface area contributed by atoms with Gasteiger partial charge in [-0.25, -0.2) is 9.69 Å². The van der Waals surface area contributed by atoms with Gasteiger partial charge >= 0.3 is 6.03 Å². The van der Waals surface area contributed by atoms with Crippen LogP contribution >= 0.6 is 23.2 Å². The Morgan fingerprint density at radius 2 is 1.64 bits per heavy atom. The molecule has 0 unspecified atom stereocenters. The van der Waals surface area contributed by atoms with Crippen LogP contribution in [0, 0.1) is 6.92 Å². The van der Waals surface area contributed by atoms with Crippen molar-refractivity contribution in [1.29, 1.82) is 0 Å². The van der Waals surface area contributed by atoms with E-state index in [1.807, 2.05) is 19.1 Å². The van der Waals surface area contributed by atoms with Gasteiger partial charge in [0.25, 0.3) is 5.91 Å². The van der Waals surface area contributed by atoms with Gasteiger partial charge in [-0.05, 0) is 51.1 Å². The molecule has 1 saturated heterocycles. The standard InChI is InChI=1S/C20H19Cl2N3O3/c1-11-4-6-17(7-5-11)24-13(3)19(27)25(20(24)28)12(2)18(26)23-16-9-14(21)8-15(22)10-16/h4-10,12-13H,1-3H3,(H,23,26)/t12-,13-/m0/s1. The fraction of sp³-hybridized carbons (Fsp3) is 0.250. The van der Waals surface area contributed by atoms with Crippen LogP contribution in [0.5, 0.6) is 0 Å². The molecule has 146 valence electrons. The largest absolute Gasteiger partial charge is 0.332 e. The van der Waals surface area contributed by atoms with Crippen molar-refractivity contribution >= 4 is 52.4 Å². The second-order valence-electron chi connectivity index (χ2n) is 6.70. The van der Waals surface area contributed by atoms with Gasteiger partial charge in [0.2, 0.25) is 5.91 Å². The predicted octanol–water partition coefficient (Wildman–Crippen LogP) is 4.49. The summed E-state index contributed by atoms with van der Waals surface area (Å²) < 4.78 is 0. The van der Waals surface area contributed by atoms with E-state index in [-0.39, 0.29) is 0 Å². The smallest absolute Gasteiger partial charge is 0.324 e. The quantitative estimate of drug-likeness (QED) is 0.742. The molecule has 4 amide bonds. The first-order valence-electron chi connectivity index (χ1n) is 8.69. The minimum absolute atomic E-state index is 0.364. The van der Waals surface area contributed by atoms with Crippen LogP contribution in [0.2, 0.25) is 10.0 Å². The van der Waals surface area contributed by atoms with Gasteiger partial charge in [0.05, 0.1) is 0 Å². The van der Waals surface area contributed by atoms with Gasteiger partial charge in [-0.3, -0.25) is 14.5 Å². The normalized spacial score (nSPS) is 17.8. The van der Waals surface area contributed by atoms with E-state index in [2.05, 4.69) is 5.32 Å². The summed E-state index contributed by atoms with van der Waals surface area (Å²) in [6.45, 7) is 5.08. The van der Waals surface area contributed by atoms with E-state index in [1.165, 1.54) is 30.0 Å². The van der Waals surface area contributed by atoms with Crippen LogP contribution in [-0.4, -0.2) is 34.8 Å². The molecule has 0 aromatic heterocycles. The van der Waals surface area contributed by atoms with Gasteiger partial charge in [0.1, 0.15) is 12.1 Å². The van der Waals surface area contributed by atoms with Gasteiger partial charge in [-0.15, -0.1) is 0 Å². The molecule has 1 fully saturated rings. The second-order valence-corrected chi connectivity index (χ2v) is 7.57. The summed E-state index contributed by atoms with van der Waals surface area (Å²) in [5, 5.41) is 3.37.